The number of para-hydroxylation sites is 1. The molecule has 2 heteroatoms. The van der Waals surface area contributed by atoms with Gasteiger partial charge in [-0.2, -0.15) is 0 Å². The Hall–Kier alpha value is -1.02. The summed E-state index contributed by atoms with van der Waals surface area (Å²) < 4.78 is 0. The van der Waals surface area contributed by atoms with Crippen LogP contribution in [0.15, 0.2) is 30.3 Å². The second kappa shape index (κ2) is 6.79. The molecule has 1 saturated carbocycles. The van der Waals surface area contributed by atoms with Gasteiger partial charge in [-0.25, -0.2) is 0 Å². The van der Waals surface area contributed by atoms with Gasteiger partial charge < -0.3 is 10.0 Å². The number of aliphatic hydroxyl groups excluding tert-OH is 1. The quantitative estimate of drug-likeness (QED) is 0.824. The maximum atomic E-state index is 10.2. The van der Waals surface area contributed by atoms with Crippen LogP contribution >= 0.6 is 0 Å². The molecule has 2 atom stereocenters. The lowest BCUT2D eigenvalue weighted by Crippen LogP contribution is -2.34. The van der Waals surface area contributed by atoms with E-state index in [2.05, 4.69) is 42.2 Å². The number of hydrogen-bond acceptors (Lipinski definition) is 2. The Bertz CT molecular complexity index is 338. The van der Waals surface area contributed by atoms with Gasteiger partial charge in [-0.15, -0.1) is 0 Å². The molecule has 0 aliphatic heterocycles. The average Bonchev–Trinajstić information content (AvgIpc) is 2.62. The molecule has 0 amide bonds. The Morgan fingerprint density at radius 2 is 1.83 bits per heavy atom. The number of rotatable bonds is 4. The van der Waals surface area contributed by atoms with Crippen LogP contribution in [0.5, 0.6) is 0 Å². The summed E-state index contributed by atoms with van der Waals surface area (Å²) in [4.78, 5) is 2.39. The van der Waals surface area contributed by atoms with Crippen LogP contribution in [-0.2, 0) is 0 Å². The molecule has 0 saturated heterocycles. The van der Waals surface area contributed by atoms with Crippen LogP contribution in [0.4, 0.5) is 5.69 Å². The van der Waals surface area contributed by atoms with Crippen LogP contribution < -0.4 is 4.90 Å². The second-order valence-electron chi connectivity index (χ2n) is 5.34. The van der Waals surface area contributed by atoms with Gasteiger partial charge in [0.15, 0.2) is 0 Å². The van der Waals surface area contributed by atoms with Crippen molar-refractivity contribution < 1.29 is 5.11 Å². The van der Waals surface area contributed by atoms with E-state index in [0.29, 0.717) is 5.92 Å². The van der Waals surface area contributed by atoms with Crippen molar-refractivity contribution in [2.75, 3.05) is 18.0 Å². The molecule has 2 unspecified atom stereocenters. The Balaban J connectivity index is 2.01. The molecule has 2 rings (SSSR count). The fourth-order valence-electron chi connectivity index (χ4n) is 2.92. The highest BCUT2D eigenvalue weighted by atomic mass is 16.3. The largest absolute Gasteiger partial charge is 0.393 e. The molecule has 0 heterocycles. The zero-order valence-electron chi connectivity index (χ0n) is 11.4. The fourth-order valence-corrected chi connectivity index (χ4v) is 2.92. The number of anilines is 1. The minimum atomic E-state index is -0.106. The first-order valence-electron chi connectivity index (χ1n) is 7.29. The van der Waals surface area contributed by atoms with Crippen molar-refractivity contribution in [2.24, 2.45) is 5.92 Å². The second-order valence-corrected chi connectivity index (χ2v) is 5.34. The van der Waals surface area contributed by atoms with Crippen molar-refractivity contribution in [1.29, 1.82) is 0 Å². The third kappa shape index (κ3) is 3.49. The first-order chi connectivity index (χ1) is 8.81. The summed E-state index contributed by atoms with van der Waals surface area (Å²) in [5.41, 5.74) is 1.27. The number of aliphatic hydroxyl groups is 1. The van der Waals surface area contributed by atoms with E-state index >= 15 is 0 Å². The van der Waals surface area contributed by atoms with Gasteiger partial charge in [0, 0.05) is 24.7 Å². The van der Waals surface area contributed by atoms with Crippen molar-refractivity contribution in [3.05, 3.63) is 30.3 Å². The maximum Gasteiger partial charge on any atom is 0.0585 e. The predicted octanol–water partition coefficient (Wildman–Crippen LogP) is 3.45. The van der Waals surface area contributed by atoms with E-state index in [1.54, 1.807) is 0 Å². The highest BCUT2D eigenvalue weighted by Gasteiger charge is 2.23. The molecule has 0 spiro atoms. The molecule has 1 fully saturated rings. The molecule has 1 aromatic carbocycles. The van der Waals surface area contributed by atoms with Gasteiger partial charge in [0.2, 0.25) is 0 Å². The highest BCUT2D eigenvalue weighted by Crippen LogP contribution is 2.26. The minimum absolute atomic E-state index is 0.106. The molecular weight excluding hydrogens is 222 g/mol. The van der Waals surface area contributed by atoms with Gasteiger partial charge in [-0.05, 0) is 31.9 Å². The van der Waals surface area contributed by atoms with Gasteiger partial charge >= 0.3 is 0 Å². The zero-order chi connectivity index (χ0) is 12.8. The standard InChI is InChI=1S/C16H25NO/c1-2-17(15-10-6-4-7-11-15)13-14-9-5-3-8-12-16(14)18/h4,6-7,10-11,14,16,18H,2-3,5,8-9,12-13H2,1H3. The summed E-state index contributed by atoms with van der Waals surface area (Å²) in [6.45, 7) is 4.19. The molecule has 0 bridgehead atoms. The molecule has 0 aromatic heterocycles. The minimum Gasteiger partial charge on any atom is -0.393 e. The van der Waals surface area contributed by atoms with E-state index < -0.39 is 0 Å². The fraction of sp³-hybridized carbons (Fsp3) is 0.625. The maximum absolute atomic E-state index is 10.2. The summed E-state index contributed by atoms with van der Waals surface area (Å²) >= 11 is 0. The summed E-state index contributed by atoms with van der Waals surface area (Å²) in [5, 5.41) is 10.2. The van der Waals surface area contributed by atoms with E-state index in [1.807, 2.05) is 0 Å². The van der Waals surface area contributed by atoms with Crippen molar-refractivity contribution in [3.8, 4) is 0 Å². The van der Waals surface area contributed by atoms with Crippen molar-refractivity contribution in [3.63, 3.8) is 0 Å². The van der Waals surface area contributed by atoms with E-state index in [-0.39, 0.29) is 6.10 Å². The number of nitrogens with zero attached hydrogens (tertiary/aromatic N) is 1. The van der Waals surface area contributed by atoms with Crippen molar-refractivity contribution in [1.82, 2.24) is 0 Å². The predicted molar refractivity (Wildman–Crippen MR) is 76.9 cm³/mol. The number of hydrogen-bond donors (Lipinski definition) is 1. The van der Waals surface area contributed by atoms with E-state index in [4.69, 9.17) is 0 Å². The van der Waals surface area contributed by atoms with E-state index in [9.17, 15) is 5.11 Å². The van der Waals surface area contributed by atoms with Crippen LogP contribution in [0.25, 0.3) is 0 Å². The normalized spacial score (nSPS) is 24.6. The topological polar surface area (TPSA) is 23.5 Å². The Kier molecular flexibility index (Phi) is 5.06. The molecule has 1 aromatic rings. The molecular formula is C16H25NO. The molecule has 1 aliphatic rings. The summed E-state index contributed by atoms with van der Waals surface area (Å²) in [7, 11) is 0. The number of benzene rings is 1. The van der Waals surface area contributed by atoms with Gasteiger partial charge in [-0.1, -0.05) is 37.5 Å². The van der Waals surface area contributed by atoms with E-state index in [0.717, 1.165) is 19.5 Å². The Morgan fingerprint density at radius 3 is 2.56 bits per heavy atom. The summed E-state index contributed by atoms with van der Waals surface area (Å²) in [5.74, 6) is 0.438. The SMILES string of the molecule is CCN(CC1CCCCCC1O)c1ccccc1. The van der Waals surface area contributed by atoms with Crippen LogP contribution in [0.1, 0.15) is 39.0 Å². The first kappa shape index (κ1) is 13.4. The average molecular weight is 247 g/mol. The van der Waals surface area contributed by atoms with Crippen LogP contribution in [0.3, 0.4) is 0 Å². The molecule has 1 aliphatic carbocycles. The van der Waals surface area contributed by atoms with Crippen LogP contribution in [0.2, 0.25) is 0 Å². The molecule has 18 heavy (non-hydrogen) atoms. The lowest BCUT2D eigenvalue weighted by atomic mass is 9.96. The van der Waals surface area contributed by atoms with Gasteiger partial charge in [0.1, 0.15) is 0 Å². The lowest BCUT2D eigenvalue weighted by molar-refractivity contribution is 0.104. The monoisotopic (exact) mass is 247 g/mol. The van der Waals surface area contributed by atoms with Crippen molar-refractivity contribution in [2.45, 2.75) is 45.1 Å². The lowest BCUT2D eigenvalue weighted by Gasteiger charge is -2.30. The summed E-state index contributed by atoms with van der Waals surface area (Å²) in [6, 6.07) is 10.5. The Labute approximate surface area is 111 Å². The van der Waals surface area contributed by atoms with E-state index in [1.165, 1.54) is 31.4 Å². The third-order valence-corrected chi connectivity index (χ3v) is 4.08. The summed E-state index contributed by atoms with van der Waals surface area (Å²) in [6.07, 6.45) is 5.79. The Morgan fingerprint density at radius 1 is 1.11 bits per heavy atom. The molecule has 2 nitrogen and oxygen atoms in total. The van der Waals surface area contributed by atoms with Gasteiger partial charge in [0.05, 0.1) is 6.10 Å². The third-order valence-electron chi connectivity index (χ3n) is 4.08. The molecule has 0 radical (unpaired) electrons. The highest BCUT2D eigenvalue weighted by molar-refractivity contribution is 5.45. The smallest absolute Gasteiger partial charge is 0.0585 e. The van der Waals surface area contributed by atoms with Gasteiger partial charge in [-0.3, -0.25) is 0 Å². The van der Waals surface area contributed by atoms with Crippen LogP contribution in [-0.4, -0.2) is 24.3 Å². The van der Waals surface area contributed by atoms with Gasteiger partial charge in [0.25, 0.3) is 0 Å². The first-order valence-corrected chi connectivity index (χ1v) is 7.29. The molecule has 1 N–H and O–H groups in total. The van der Waals surface area contributed by atoms with Crippen LogP contribution in [0, 0.1) is 5.92 Å². The zero-order valence-corrected chi connectivity index (χ0v) is 11.4. The molecule has 100 valence electrons. The van der Waals surface area contributed by atoms with Crippen molar-refractivity contribution >= 4 is 5.69 Å².